The largest absolute Gasteiger partial charge is 0.506 e. The Morgan fingerprint density at radius 3 is 2.08 bits per heavy atom. The topological polar surface area (TPSA) is 171 Å². The summed E-state index contributed by atoms with van der Waals surface area (Å²) in [6.07, 6.45) is 1.21. The maximum atomic E-state index is 14.0. The average molecular weight is 1090 g/mol. The fourth-order valence-corrected chi connectivity index (χ4v) is 11.6. The minimum atomic E-state index is -2.46. The van der Waals surface area contributed by atoms with Gasteiger partial charge >= 0.3 is 12.1 Å². The molecule has 8 rings (SSSR count). The number of aromatic nitrogens is 1. The number of pyridine rings is 1. The van der Waals surface area contributed by atoms with Gasteiger partial charge in [-0.15, -0.1) is 11.3 Å². The molecule has 1 aliphatic heterocycles. The quantitative estimate of drug-likeness (QED) is 0.0451. The third-order valence-electron chi connectivity index (χ3n) is 15.0. The molecule has 0 bridgehead atoms. The lowest BCUT2D eigenvalue weighted by molar-refractivity contribution is -0.164. The lowest BCUT2D eigenvalue weighted by Crippen LogP contribution is -2.46. The third kappa shape index (κ3) is 14.2. The van der Waals surface area contributed by atoms with E-state index in [4.69, 9.17) is 13.9 Å². The van der Waals surface area contributed by atoms with Crippen LogP contribution in [0.5, 0.6) is 5.75 Å². The molecule has 0 aliphatic carbocycles. The molecule has 410 valence electrons. The van der Waals surface area contributed by atoms with Gasteiger partial charge in [0.15, 0.2) is 8.32 Å². The van der Waals surface area contributed by atoms with Crippen LogP contribution in [0.15, 0.2) is 150 Å². The van der Waals surface area contributed by atoms with Gasteiger partial charge in [0.05, 0.1) is 29.6 Å². The number of thiophene rings is 1. The van der Waals surface area contributed by atoms with Crippen LogP contribution in [0.4, 0.5) is 4.79 Å². The Bertz CT molecular complexity index is 3220. The number of phenolic OH excluding ortho intramolecular Hbond substituents is 1. The number of likely N-dealkylation sites (tertiary alicyclic amines) is 1. The number of hydrogen-bond acceptors (Lipinski definition) is 11. The van der Waals surface area contributed by atoms with Crippen molar-refractivity contribution in [3.63, 3.8) is 0 Å². The molecule has 7 aromatic rings. The lowest BCUT2D eigenvalue weighted by Gasteiger charge is -2.41. The summed E-state index contributed by atoms with van der Waals surface area (Å²) >= 11 is 1.35. The Kier molecular flexibility index (Phi) is 17.9. The highest BCUT2D eigenvalue weighted by molar-refractivity contribution is 7.17. The summed E-state index contributed by atoms with van der Waals surface area (Å²) < 4.78 is 19.0. The van der Waals surface area contributed by atoms with E-state index in [1.807, 2.05) is 75.4 Å². The molecule has 2 aromatic heterocycles. The number of benzene rings is 5. The Labute approximate surface area is 463 Å². The van der Waals surface area contributed by atoms with Crippen LogP contribution in [0.3, 0.4) is 0 Å². The van der Waals surface area contributed by atoms with Gasteiger partial charge in [-0.3, -0.25) is 14.5 Å². The van der Waals surface area contributed by atoms with Crippen LogP contribution in [0.2, 0.25) is 18.1 Å². The number of nitrogens with zero attached hydrogens (tertiary/aromatic N) is 2. The van der Waals surface area contributed by atoms with Gasteiger partial charge in [-0.05, 0) is 140 Å². The molecule has 78 heavy (non-hydrogen) atoms. The zero-order valence-corrected chi connectivity index (χ0v) is 48.0. The number of amides is 2. The molecule has 2 atom stereocenters. The number of ether oxygens (including phenoxy) is 2. The molecular weight excluding hydrogens is 1020 g/mol. The molecule has 15 heteroatoms. The van der Waals surface area contributed by atoms with Crippen LogP contribution in [0.1, 0.15) is 104 Å². The van der Waals surface area contributed by atoms with E-state index in [0.29, 0.717) is 46.4 Å². The molecule has 0 radical (unpaired) electrons. The van der Waals surface area contributed by atoms with Crippen molar-refractivity contribution >= 4 is 48.5 Å². The van der Waals surface area contributed by atoms with Gasteiger partial charge in [-0.2, -0.15) is 0 Å². The van der Waals surface area contributed by atoms with E-state index in [1.54, 1.807) is 65.6 Å². The summed E-state index contributed by atoms with van der Waals surface area (Å²) in [6.45, 7) is 20.0. The van der Waals surface area contributed by atoms with Crippen LogP contribution in [-0.4, -0.2) is 89.7 Å². The number of nitrogens with one attached hydrogen (secondary N) is 2. The van der Waals surface area contributed by atoms with Gasteiger partial charge < -0.3 is 39.3 Å². The summed E-state index contributed by atoms with van der Waals surface area (Å²) in [5.74, 6) is -0.783. The van der Waals surface area contributed by atoms with Gasteiger partial charge in [-0.25, -0.2) is 9.59 Å². The Morgan fingerprint density at radius 2 is 1.42 bits per heavy atom. The van der Waals surface area contributed by atoms with Crippen LogP contribution < -0.4 is 10.9 Å². The van der Waals surface area contributed by atoms with Crippen molar-refractivity contribution in [1.82, 2.24) is 20.1 Å². The van der Waals surface area contributed by atoms with Crippen molar-refractivity contribution < 1.29 is 38.5 Å². The van der Waals surface area contributed by atoms with Gasteiger partial charge in [-0.1, -0.05) is 136 Å². The van der Waals surface area contributed by atoms with E-state index in [9.17, 15) is 29.4 Å². The van der Waals surface area contributed by atoms with E-state index in [1.165, 1.54) is 23.0 Å². The first-order valence-corrected chi connectivity index (χ1v) is 30.6. The third-order valence-corrected chi connectivity index (χ3v) is 20.6. The Hall–Kier alpha value is -6.88. The molecule has 5 aromatic carbocycles. The molecule has 1 aliphatic rings. The molecule has 1 fully saturated rings. The summed E-state index contributed by atoms with van der Waals surface area (Å²) in [4.78, 5) is 62.1. The number of rotatable bonds is 19. The van der Waals surface area contributed by atoms with E-state index in [-0.39, 0.29) is 41.3 Å². The van der Waals surface area contributed by atoms with Crippen molar-refractivity contribution in [1.29, 1.82) is 0 Å². The van der Waals surface area contributed by atoms with E-state index in [0.717, 1.165) is 59.6 Å². The molecule has 4 N–H and O–H groups in total. The number of carbonyl (C=O) groups excluding carboxylic acids is 3. The van der Waals surface area contributed by atoms with Crippen molar-refractivity contribution in [3.05, 3.63) is 194 Å². The average Bonchev–Trinajstić information content (AvgIpc) is 3.99. The zero-order valence-electron chi connectivity index (χ0n) is 46.1. The number of phenols is 1. The highest BCUT2D eigenvalue weighted by Crippen LogP contribution is 2.42. The first kappa shape index (κ1) is 57.3. The molecule has 3 heterocycles. The Balaban J connectivity index is 0.887. The zero-order chi connectivity index (χ0) is 55.8. The number of H-pyrrole nitrogens is 1. The highest BCUT2D eigenvalue weighted by atomic mass is 32.1. The first-order valence-electron chi connectivity index (χ1n) is 26.8. The summed E-state index contributed by atoms with van der Waals surface area (Å²) in [7, 11) is -2.46. The number of aliphatic hydroxyl groups is 1. The number of carbonyl (C=O) groups is 3. The number of fused-ring (bicyclic) bond motifs is 1. The van der Waals surface area contributed by atoms with Crippen molar-refractivity contribution in [2.45, 2.75) is 109 Å². The lowest BCUT2D eigenvalue weighted by atomic mass is 9.85. The van der Waals surface area contributed by atoms with Crippen LogP contribution in [0.25, 0.3) is 21.3 Å². The van der Waals surface area contributed by atoms with Gasteiger partial charge in [0, 0.05) is 36.0 Å². The number of aromatic hydroxyl groups is 1. The van der Waals surface area contributed by atoms with E-state index in [2.05, 4.69) is 73.3 Å². The minimum Gasteiger partial charge on any atom is -0.506 e. The molecule has 0 spiro atoms. The van der Waals surface area contributed by atoms with Crippen molar-refractivity contribution in [2.75, 3.05) is 32.8 Å². The number of piperidine rings is 1. The van der Waals surface area contributed by atoms with E-state index < -0.39 is 37.7 Å². The normalized spacial score (nSPS) is 14.8. The van der Waals surface area contributed by atoms with Crippen LogP contribution in [-0.2, 0) is 43.8 Å². The van der Waals surface area contributed by atoms with Crippen LogP contribution in [0, 0.1) is 5.92 Å². The van der Waals surface area contributed by atoms with Gasteiger partial charge in [0.1, 0.15) is 11.4 Å². The smallest absolute Gasteiger partial charge is 0.410 e. The van der Waals surface area contributed by atoms with Gasteiger partial charge in [0.25, 0.3) is 5.91 Å². The predicted octanol–water partition coefficient (Wildman–Crippen LogP) is 12.1. The molecule has 1 saturated heterocycles. The molecule has 0 saturated carbocycles. The highest BCUT2D eigenvalue weighted by Gasteiger charge is 2.43. The second-order valence-corrected chi connectivity index (χ2v) is 28.8. The maximum absolute atomic E-state index is 14.0. The SMILES string of the molecule is CC(C)(C)OC(=O)N(CCc1ccc(CNC(=O)c2ccc(-c3ccc(C(O)(C(=O)OCC4CCN(Cc5ccccc5)CC4)c4ccccc4)cc3)s2)cc1)C[C@H](O[Si](C)(C)C(C)(C)C)c1ccc(O)c2[nH]c(=O)ccc12. The molecule has 13 nitrogen and oxygen atoms in total. The second-order valence-electron chi connectivity index (χ2n) is 22.9. The first-order chi connectivity index (χ1) is 37.1. The van der Waals surface area contributed by atoms with Crippen LogP contribution >= 0.6 is 11.3 Å². The monoisotopic (exact) mass is 1090 g/mol. The minimum absolute atomic E-state index is 0.0573. The fraction of sp³-hybridized carbons (Fsp3) is 0.365. The second kappa shape index (κ2) is 24.4. The van der Waals surface area contributed by atoms with Gasteiger partial charge in [0.2, 0.25) is 11.2 Å². The van der Waals surface area contributed by atoms with E-state index >= 15 is 0 Å². The maximum Gasteiger partial charge on any atom is 0.410 e. The number of esters is 1. The molecular formula is C63H74N4O9SSi. The standard InChI is InChI=1S/C63H74N4O9SSi/c1-61(2,3)75-60(72)67(41-53(76-78(7,8)62(4,5)6)50-27-29-52(68)57-51(50)28-32-56(69)65-57)38-35-43-19-21-44(22-20-43)39-64-58(70)55-31-30-54(77-55)47-23-25-49(26-24-47)63(73,48-17-13-10-14-18-48)59(71)74-42-46-33-36-66(37-34-46)40-45-15-11-9-12-16-45/h9-32,46,53,68,73H,33-42H2,1-8H3,(H,64,70)(H,65,69)/t53-,63?/m0/s1. The Morgan fingerprint density at radius 1 is 0.782 bits per heavy atom. The van der Waals surface area contributed by atoms with Crippen molar-refractivity contribution in [2.24, 2.45) is 5.92 Å². The number of hydrogen-bond donors (Lipinski definition) is 4. The predicted molar refractivity (Wildman–Crippen MR) is 311 cm³/mol. The summed E-state index contributed by atoms with van der Waals surface area (Å²) in [6, 6.07) is 44.5. The summed E-state index contributed by atoms with van der Waals surface area (Å²) in [5.41, 5.74) is 2.73. The summed E-state index contributed by atoms with van der Waals surface area (Å²) in [5, 5.41) is 26.5. The fourth-order valence-electron chi connectivity index (χ4n) is 9.44. The molecule has 1 unspecified atom stereocenters. The number of aromatic amines is 1. The molecule has 2 amide bonds. The van der Waals surface area contributed by atoms with Crippen molar-refractivity contribution in [3.8, 4) is 16.2 Å².